The average Bonchev–Trinajstić information content (AvgIpc) is 2.96. The summed E-state index contributed by atoms with van der Waals surface area (Å²) >= 11 is 0. The molecule has 0 saturated heterocycles. The molecule has 1 aromatic carbocycles. The number of nitrogens with zero attached hydrogens (tertiary/aromatic N) is 3. The van der Waals surface area contributed by atoms with Crippen LogP contribution in [0.3, 0.4) is 0 Å². The molecule has 5 nitrogen and oxygen atoms in total. The predicted octanol–water partition coefficient (Wildman–Crippen LogP) is 2.60. The van der Waals surface area contributed by atoms with Gasteiger partial charge in [-0.15, -0.1) is 10.2 Å². The maximum Gasteiger partial charge on any atom is 0.171 e. The van der Waals surface area contributed by atoms with Crippen LogP contribution in [0.2, 0.25) is 0 Å². The lowest BCUT2D eigenvalue weighted by Crippen LogP contribution is -2.15. The van der Waals surface area contributed by atoms with E-state index < -0.39 is 0 Å². The molecule has 112 valence electrons. The number of nitrogens with two attached hydrogens (primary N) is 1. The van der Waals surface area contributed by atoms with Crippen LogP contribution >= 0.6 is 0 Å². The molecule has 0 radical (unpaired) electrons. The van der Waals surface area contributed by atoms with E-state index in [2.05, 4.69) is 21.7 Å². The van der Waals surface area contributed by atoms with E-state index >= 15 is 0 Å². The quantitative estimate of drug-likeness (QED) is 0.917. The molecule has 1 atom stereocenters. The monoisotopic (exact) mass is 286 g/mol. The van der Waals surface area contributed by atoms with Crippen LogP contribution < -0.4 is 10.5 Å². The molecule has 0 amide bonds. The minimum Gasteiger partial charge on any atom is -0.485 e. The van der Waals surface area contributed by atoms with Gasteiger partial charge in [0.1, 0.15) is 18.2 Å². The highest BCUT2D eigenvalue weighted by molar-refractivity contribution is 5.35. The van der Waals surface area contributed by atoms with Gasteiger partial charge in [0.25, 0.3) is 0 Å². The van der Waals surface area contributed by atoms with Gasteiger partial charge in [-0.2, -0.15) is 0 Å². The molecule has 2 aromatic rings. The first-order chi connectivity index (χ1) is 10.3. The average molecular weight is 286 g/mol. The van der Waals surface area contributed by atoms with Gasteiger partial charge in [-0.25, -0.2) is 0 Å². The Kier molecular flexibility index (Phi) is 4.20. The summed E-state index contributed by atoms with van der Waals surface area (Å²) in [5.74, 6) is 2.84. The van der Waals surface area contributed by atoms with E-state index in [1.54, 1.807) is 0 Å². The van der Waals surface area contributed by atoms with Gasteiger partial charge >= 0.3 is 0 Å². The summed E-state index contributed by atoms with van der Waals surface area (Å²) in [4.78, 5) is 0. The third-order valence-electron chi connectivity index (χ3n) is 4.05. The van der Waals surface area contributed by atoms with Gasteiger partial charge in [0.15, 0.2) is 5.82 Å². The molecule has 1 aliphatic rings. The van der Waals surface area contributed by atoms with Crippen LogP contribution in [0.5, 0.6) is 5.75 Å². The van der Waals surface area contributed by atoms with Crippen LogP contribution in [-0.4, -0.2) is 14.8 Å². The largest absolute Gasteiger partial charge is 0.485 e. The Morgan fingerprint density at radius 1 is 1.29 bits per heavy atom. The predicted molar refractivity (Wildman–Crippen MR) is 81.0 cm³/mol. The molecule has 3 rings (SSSR count). The third kappa shape index (κ3) is 2.93. The van der Waals surface area contributed by atoms with Crippen LogP contribution in [0.1, 0.15) is 49.4 Å². The van der Waals surface area contributed by atoms with E-state index in [0.717, 1.165) is 42.3 Å². The van der Waals surface area contributed by atoms with Gasteiger partial charge in [-0.1, -0.05) is 25.1 Å². The molecule has 5 heteroatoms. The third-order valence-corrected chi connectivity index (χ3v) is 4.05. The van der Waals surface area contributed by atoms with Gasteiger partial charge in [0.05, 0.1) is 0 Å². The molecule has 1 aromatic heterocycles. The van der Waals surface area contributed by atoms with Crippen molar-refractivity contribution in [1.29, 1.82) is 0 Å². The summed E-state index contributed by atoms with van der Waals surface area (Å²) < 4.78 is 8.15. The van der Waals surface area contributed by atoms with Crippen LogP contribution in [0.4, 0.5) is 0 Å². The Bertz CT molecular complexity index is 608. The van der Waals surface area contributed by atoms with E-state index in [-0.39, 0.29) is 6.04 Å². The van der Waals surface area contributed by atoms with E-state index in [0.29, 0.717) is 6.61 Å². The summed E-state index contributed by atoms with van der Waals surface area (Å²) in [6, 6.07) is 7.98. The normalized spacial score (nSPS) is 15.5. The highest BCUT2D eigenvalue weighted by Crippen LogP contribution is 2.26. The van der Waals surface area contributed by atoms with Crippen LogP contribution in [0.25, 0.3) is 0 Å². The summed E-state index contributed by atoms with van der Waals surface area (Å²) in [6.07, 6.45) is 4.30. The van der Waals surface area contributed by atoms with Gasteiger partial charge in [-0.3, -0.25) is 0 Å². The zero-order valence-corrected chi connectivity index (χ0v) is 12.5. The number of fused-ring (bicyclic) bond motifs is 1. The van der Waals surface area contributed by atoms with Gasteiger partial charge < -0.3 is 15.0 Å². The zero-order chi connectivity index (χ0) is 14.7. The van der Waals surface area contributed by atoms with Crippen LogP contribution in [0.15, 0.2) is 24.3 Å². The lowest BCUT2D eigenvalue weighted by Gasteiger charge is -2.17. The van der Waals surface area contributed by atoms with Crippen LogP contribution in [0, 0.1) is 0 Å². The maximum atomic E-state index is 6.14. The van der Waals surface area contributed by atoms with Crippen LogP contribution in [-0.2, 0) is 19.6 Å². The summed E-state index contributed by atoms with van der Waals surface area (Å²) in [7, 11) is 0. The first-order valence-electron chi connectivity index (χ1n) is 7.68. The summed E-state index contributed by atoms with van der Waals surface area (Å²) in [6.45, 7) is 3.52. The molecule has 0 aliphatic carbocycles. The molecule has 0 bridgehead atoms. The topological polar surface area (TPSA) is 66.0 Å². The number of ether oxygens (including phenoxy) is 1. The molecule has 0 saturated carbocycles. The molecule has 1 aliphatic heterocycles. The summed E-state index contributed by atoms with van der Waals surface area (Å²) in [5, 5.41) is 8.52. The first kappa shape index (κ1) is 14.1. The van der Waals surface area contributed by atoms with Crippen molar-refractivity contribution in [3.05, 3.63) is 41.5 Å². The van der Waals surface area contributed by atoms with Gasteiger partial charge in [0, 0.05) is 24.6 Å². The highest BCUT2D eigenvalue weighted by Gasteiger charge is 2.17. The Balaban J connectivity index is 1.75. The fourth-order valence-electron chi connectivity index (χ4n) is 2.76. The number of aromatic nitrogens is 3. The van der Waals surface area contributed by atoms with Gasteiger partial charge in [-0.05, 0) is 25.3 Å². The number of hydrogen-bond acceptors (Lipinski definition) is 4. The minimum atomic E-state index is 0.00788. The molecule has 2 heterocycles. The molecule has 0 fully saturated rings. The number of hydrogen-bond donors (Lipinski definition) is 1. The molecular weight excluding hydrogens is 264 g/mol. The number of aryl methyl sites for hydroxylation is 1. The lowest BCUT2D eigenvalue weighted by atomic mass is 10.0. The second-order valence-corrected chi connectivity index (χ2v) is 5.48. The molecule has 1 unspecified atom stereocenters. The Labute approximate surface area is 125 Å². The molecule has 21 heavy (non-hydrogen) atoms. The van der Waals surface area contributed by atoms with Crippen molar-refractivity contribution < 1.29 is 4.74 Å². The first-order valence-corrected chi connectivity index (χ1v) is 7.68. The maximum absolute atomic E-state index is 6.14. The van der Waals surface area contributed by atoms with Crippen molar-refractivity contribution in [3.8, 4) is 5.75 Å². The van der Waals surface area contributed by atoms with Crippen molar-refractivity contribution in [2.24, 2.45) is 5.73 Å². The van der Waals surface area contributed by atoms with E-state index in [1.807, 2.05) is 24.3 Å². The number of benzene rings is 1. The Morgan fingerprint density at radius 3 is 3.00 bits per heavy atom. The smallest absolute Gasteiger partial charge is 0.171 e. The fourth-order valence-corrected chi connectivity index (χ4v) is 2.76. The Morgan fingerprint density at radius 2 is 2.14 bits per heavy atom. The van der Waals surface area contributed by atoms with Crippen molar-refractivity contribution in [2.75, 3.05) is 0 Å². The Hall–Kier alpha value is -1.88. The molecule has 0 spiro atoms. The SMILES string of the molecule is CCC(N)c1ccccc1OCc1nnc2n1CCCC2. The fraction of sp³-hybridized carbons (Fsp3) is 0.500. The number of rotatable bonds is 5. The highest BCUT2D eigenvalue weighted by atomic mass is 16.5. The van der Waals surface area contributed by atoms with Crippen molar-refractivity contribution in [1.82, 2.24) is 14.8 Å². The number of para-hydroxylation sites is 1. The van der Waals surface area contributed by atoms with E-state index in [1.165, 1.54) is 12.8 Å². The molecular formula is C16H22N4O. The summed E-state index contributed by atoms with van der Waals surface area (Å²) in [5.41, 5.74) is 7.20. The van der Waals surface area contributed by atoms with Crippen molar-refractivity contribution in [3.63, 3.8) is 0 Å². The standard InChI is InChI=1S/C16H22N4O/c1-2-13(17)12-7-3-4-8-14(12)21-11-16-19-18-15-9-5-6-10-20(15)16/h3-4,7-8,13H,2,5-6,9-11,17H2,1H3. The molecule has 2 N–H and O–H groups in total. The van der Waals surface area contributed by atoms with E-state index in [9.17, 15) is 0 Å². The van der Waals surface area contributed by atoms with E-state index in [4.69, 9.17) is 10.5 Å². The van der Waals surface area contributed by atoms with Crippen molar-refractivity contribution >= 4 is 0 Å². The van der Waals surface area contributed by atoms with Gasteiger partial charge in [0.2, 0.25) is 0 Å². The second kappa shape index (κ2) is 6.26. The minimum absolute atomic E-state index is 0.00788. The second-order valence-electron chi connectivity index (χ2n) is 5.48. The lowest BCUT2D eigenvalue weighted by molar-refractivity contribution is 0.281. The van der Waals surface area contributed by atoms with Crippen molar-refractivity contribution in [2.45, 2.75) is 51.8 Å². The zero-order valence-electron chi connectivity index (χ0n) is 12.5.